The van der Waals surface area contributed by atoms with Crippen LogP contribution >= 0.6 is 0 Å². The molecule has 1 rings (SSSR count). The van der Waals surface area contributed by atoms with E-state index in [1.807, 2.05) is 0 Å². The third-order valence-corrected chi connectivity index (χ3v) is 2.63. The summed E-state index contributed by atoms with van der Waals surface area (Å²) in [6.07, 6.45) is -1.34. The predicted octanol–water partition coefficient (Wildman–Crippen LogP) is 1.61. The van der Waals surface area contributed by atoms with Crippen LogP contribution in [0.15, 0.2) is 12.1 Å². The minimum atomic E-state index is -1.34. The third kappa shape index (κ3) is 2.92. The van der Waals surface area contributed by atoms with Gasteiger partial charge in [0, 0.05) is 11.6 Å². The van der Waals surface area contributed by atoms with Crippen LogP contribution < -0.4 is 9.47 Å². The first kappa shape index (κ1) is 14.3. The van der Waals surface area contributed by atoms with Crippen LogP contribution in [0.25, 0.3) is 0 Å². The van der Waals surface area contributed by atoms with E-state index in [9.17, 15) is 9.90 Å². The fraction of sp³-hybridized carbons (Fsp3) is 0.462. The maximum Gasteiger partial charge on any atom is 0.339 e. The predicted molar refractivity (Wildman–Crippen MR) is 65.9 cm³/mol. The third-order valence-electron chi connectivity index (χ3n) is 2.63. The summed E-state index contributed by atoms with van der Waals surface area (Å²) in [4.78, 5) is 11.5. The summed E-state index contributed by atoms with van der Waals surface area (Å²) in [6, 6.07) is 3.29. The second-order valence-corrected chi connectivity index (χ2v) is 3.70. The Kier molecular flexibility index (Phi) is 4.97. The Morgan fingerprint density at radius 2 is 2.00 bits per heavy atom. The monoisotopic (exact) mass is 254 g/mol. The Labute approximate surface area is 106 Å². The van der Waals surface area contributed by atoms with Crippen molar-refractivity contribution >= 4 is 5.97 Å². The molecule has 1 unspecified atom stereocenters. The number of esters is 1. The van der Waals surface area contributed by atoms with E-state index in [4.69, 9.17) is 14.2 Å². The van der Waals surface area contributed by atoms with Crippen LogP contribution in [0.1, 0.15) is 24.2 Å². The number of rotatable bonds is 5. The van der Waals surface area contributed by atoms with Crippen molar-refractivity contribution < 1.29 is 24.1 Å². The van der Waals surface area contributed by atoms with Crippen molar-refractivity contribution in [1.29, 1.82) is 0 Å². The van der Waals surface area contributed by atoms with Crippen molar-refractivity contribution in [3.8, 4) is 11.5 Å². The fourth-order valence-electron chi connectivity index (χ4n) is 1.64. The van der Waals surface area contributed by atoms with Gasteiger partial charge < -0.3 is 19.3 Å². The molecule has 0 bridgehead atoms. The smallest absolute Gasteiger partial charge is 0.339 e. The number of ether oxygens (including phenoxy) is 3. The molecule has 1 N–H and O–H groups in total. The van der Waals surface area contributed by atoms with Gasteiger partial charge >= 0.3 is 5.97 Å². The van der Waals surface area contributed by atoms with Gasteiger partial charge in [-0.2, -0.15) is 0 Å². The first-order chi connectivity index (χ1) is 8.54. The van der Waals surface area contributed by atoms with Gasteiger partial charge in [-0.15, -0.1) is 0 Å². The van der Waals surface area contributed by atoms with Gasteiger partial charge in [0.1, 0.15) is 11.5 Å². The van der Waals surface area contributed by atoms with Gasteiger partial charge in [0.2, 0.25) is 0 Å². The van der Waals surface area contributed by atoms with Crippen LogP contribution in [-0.2, 0) is 9.53 Å². The Bertz CT molecular complexity index is 428. The maximum atomic E-state index is 11.5. The summed E-state index contributed by atoms with van der Waals surface area (Å²) in [5.74, 6) is 0.374. The number of carbonyl (C=O) groups excluding carboxylic acids is 1. The van der Waals surface area contributed by atoms with E-state index in [1.54, 1.807) is 26.0 Å². The van der Waals surface area contributed by atoms with Crippen LogP contribution in [0.4, 0.5) is 0 Å². The molecular weight excluding hydrogens is 236 g/mol. The molecule has 0 saturated carbocycles. The van der Waals surface area contributed by atoms with Gasteiger partial charge in [-0.1, -0.05) is 0 Å². The van der Waals surface area contributed by atoms with E-state index in [0.717, 1.165) is 0 Å². The minimum Gasteiger partial charge on any atom is -0.497 e. The molecule has 0 saturated heterocycles. The van der Waals surface area contributed by atoms with Gasteiger partial charge in [-0.05, 0) is 25.5 Å². The molecule has 1 atom stereocenters. The Morgan fingerprint density at radius 1 is 1.33 bits per heavy atom. The van der Waals surface area contributed by atoms with Crippen LogP contribution in [0.2, 0.25) is 0 Å². The lowest BCUT2D eigenvalue weighted by atomic mass is 10.0. The number of carbonyl (C=O) groups is 1. The van der Waals surface area contributed by atoms with E-state index in [0.29, 0.717) is 22.6 Å². The summed E-state index contributed by atoms with van der Waals surface area (Å²) in [6.45, 7) is 3.66. The summed E-state index contributed by atoms with van der Waals surface area (Å²) in [5.41, 5.74) is 1.10. The second-order valence-electron chi connectivity index (χ2n) is 3.70. The molecule has 0 aliphatic heterocycles. The van der Waals surface area contributed by atoms with Crippen LogP contribution in [0.5, 0.6) is 11.5 Å². The average Bonchev–Trinajstić information content (AvgIpc) is 2.38. The molecule has 0 amide bonds. The van der Waals surface area contributed by atoms with Crippen LogP contribution in [0, 0.1) is 6.92 Å². The number of benzene rings is 1. The van der Waals surface area contributed by atoms with Gasteiger partial charge in [0.15, 0.2) is 6.10 Å². The van der Waals surface area contributed by atoms with E-state index < -0.39 is 12.1 Å². The quantitative estimate of drug-likeness (QED) is 0.809. The lowest BCUT2D eigenvalue weighted by molar-refractivity contribution is -0.153. The van der Waals surface area contributed by atoms with Gasteiger partial charge in [-0.25, -0.2) is 4.79 Å². The zero-order valence-electron chi connectivity index (χ0n) is 11.0. The lowest BCUT2D eigenvalue weighted by Gasteiger charge is -2.16. The molecule has 100 valence electrons. The highest BCUT2D eigenvalue weighted by molar-refractivity contribution is 5.77. The number of aliphatic hydroxyl groups excluding tert-OH is 1. The normalized spacial score (nSPS) is 11.8. The zero-order chi connectivity index (χ0) is 13.7. The van der Waals surface area contributed by atoms with Crippen LogP contribution in [0.3, 0.4) is 0 Å². The molecule has 1 aromatic carbocycles. The summed E-state index contributed by atoms with van der Waals surface area (Å²) >= 11 is 0. The number of hydrogen-bond donors (Lipinski definition) is 1. The summed E-state index contributed by atoms with van der Waals surface area (Å²) < 4.78 is 15.1. The highest BCUT2D eigenvalue weighted by Gasteiger charge is 2.23. The van der Waals surface area contributed by atoms with Gasteiger partial charge in [0.25, 0.3) is 0 Å². The summed E-state index contributed by atoms with van der Waals surface area (Å²) in [5, 5.41) is 9.96. The molecule has 0 aliphatic rings. The average molecular weight is 254 g/mol. The first-order valence-electron chi connectivity index (χ1n) is 5.62. The summed E-state index contributed by atoms with van der Waals surface area (Å²) in [7, 11) is 3.02. The van der Waals surface area contributed by atoms with Gasteiger partial charge in [-0.3, -0.25) is 0 Å². The largest absolute Gasteiger partial charge is 0.497 e. The Balaban J connectivity index is 3.17. The molecule has 18 heavy (non-hydrogen) atoms. The Hall–Kier alpha value is -1.75. The van der Waals surface area contributed by atoms with Crippen molar-refractivity contribution in [2.45, 2.75) is 20.0 Å². The number of aliphatic hydroxyl groups is 1. The molecule has 0 radical (unpaired) electrons. The van der Waals surface area contributed by atoms with E-state index in [-0.39, 0.29) is 6.61 Å². The minimum absolute atomic E-state index is 0.218. The van der Waals surface area contributed by atoms with E-state index >= 15 is 0 Å². The Morgan fingerprint density at radius 3 is 2.50 bits per heavy atom. The fourth-order valence-corrected chi connectivity index (χ4v) is 1.64. The molecule has 5 nitrogen and oxygen atoms in total. The molecule has 0 fully saturated rings. The maximum absolute atomic E-state index is 11.5. The van der Waals surface area contributed by atoms with E-state index in [1.165, 1.54) is 14.2 Å². The molecule has 0 spiro atoms. The SMILES string of the molecule is CCOC(=O)C(O)c1cc(OC)cc(OC)c1C. The highest BCUT2D eigenvalue weighted by Crippen LogP contribution is 2.32. The molecule has 1 aromatic rings. The van der Waals surface area contributed by atoms with Crippen molar-refractivity contribution in [3.05, 3.63) is 23.3 Å². The molecule has 0 aliphatic carbocycles. The van der Waals surface area contributed by atoms with Crippen molar-refractivity contribution in [1.82, 2.24) is 0 Å². The van der Waals surface area contributed by atoms with Crippen molar-refractivity contribution in [2.24, 2.45) is 0 Å². The molecule has 0 heterocycles. The first-order valence-corrected chi connectivity index (χ1v) is 5.62. The van der Waals surface area contributed by atoms with Gasteiger partial charge in [0.05, 0.1) is 20.8 Å². The van der Waals surface area contributed by atoms with Crippen LogP contribution in [-0.4, -0.2) is 31.9 Å². The van der Waals surface area contributed by atoms with Crippen molar-refractivity contribution in [2.75, 3.05) is 20.8 Å². The second kappa shape index (κ2) is 6.26. The zero-order valence-corrected chi connectivity index (χ0v) is 11.0. The lowest BCUT2D eigenvalue weighted by Crippen LogP contribution is -2.16. The number of hydrogen-bond acceptors (Lipinski definition) is 5. The molecular formula is C13H18O5. The van der Waals surface area contributed by atoms with Crippen molar-refractivity contribution in [3.63, 3.8) is 0 Å². The molecule has 5 heteroatoms. The molecule has 0 aromatic heterocycles. The number of methoxy groups -OCH3 is 2. The highest BCUT2D eigenvalue weighted by atomic mass is 16.5. The van der Waals surface area contributed by atoms with E-state index in [2.05, 4.69) is 0 Å². The topological polar surface area (TPSA) is 65.0 Å². The standard InChI is InChI=1S/C13H18O5/c1-5-18-13(15)12(14)10-6-9(16-3)7-11(17-4)8(10)2/h6-7,12,14H,5H2,1-4H3.